The van der Waals surface area contributed by atoms with Crippen molar-refractivity contribution < 1.29 is 14.0 Å². The maximum Gasteiger partial charge on any atom is 0.338 e. The molecule has 26 heavy (non-hydrogen) atoms. The number of carbonyl (C=O) groups is 1. The van der Waals surface area contributed by atoms with Crippen LogP contribution in [0.15, 0.2) is 24.3 Å². The maximum absolute atomic E-state index is 11.9. The molecule has 0 fully saturated rings. The molecule has 0 spiro atoms. The zero-order valence-corrected chi connectivity index (χ0v) is 18.7. The van der Waals surface area contributed by atoms with Crippen molar-refractivity contribution in [1.29, 1.82) is 0 Å². The third-order valence-corrected chi connectivity index (χ3v) is 9.73. The number of unbranched alkanes of at least 4 members (excludes halogenated alkanes) is 1. The third-order valence-electron chi connectivity index (χ3n) is 5.20. The quantitative estimate of drug-likeness (QED) is 0.306. The number of ether oxygens (including phenoxy) is 1. The van der Waals surface area contributed by atoms with Gasteiger partial charge in [-0.3, -0.25) is 0 Å². The van der Waals surface area contributed by atoms with Crippen molar-refractivity contribution >= 4 is 20.0 Å². The number of nitrogens with zero attached hydrogens (tertiary/aromatic N) is 1. The molecule has 1 aromatic carbocycles. The second-order valence-electron chi connectivity index (χ2n) is 8.17. The molecule has 0 atom stereocenters. The molecule has 1 rings (SSSR count). The zero-order chi connectivity index (χ0) is 19.8. The van der Waals surface area contributed by atoms with Gasteiger partial charge in [0.05, 0.1) is 12.2 Å². The fourth-order valence-electron chi connectivity index (χ4n) is 2.46. The average Bonchev–Trinajstić information content (AvgIpc) is 2.57. The van der Waals surface area contributed by atoms with Crippen molar-refractivity contribution in [3.05, 3.63) is 29.8 Å². The number of esters is 1. The zero-order valence-electron chi connectivity index (χ0n) is 17.7. The number of hydrogen-bond donors (Lipinski definition) is 0. The van der Waals surface area contributed by atoms with Gasteiger partial charge in [-0.1, -0.05) is 26.8 Å². The number of rotatable bonds is 10. The lowest BCUT2D eigenvalue weighted by Gasteiger charge is -2.36. The van der Waals surface area contributed by atoms with Gasteiger partial charge >= 0.3 is 5.97 Å². The molecule has 0 heterocycles. The predicted octanol–water partition coefficient (Wildman–Crippen LogP) is 5.49. The largest absolute Gasteiger partial charge is 0.462 e. The first-order chi connectivity index (χ1) is 12.1. The molecule has 5 heteroatoms. The number of anilines is 1. The van der Waals surface area contributed by atoms with Crippen molar-refractivity contribution in [3.8, 4) is 0 Å². The van der Waals surface area contributed by atoms with Crippen molar-refractivity contribution in [2.24, 2.45) is 0 Å². The molecule has 0 saturated carbocycles. The minimum Gasteiger partial charge on any atom is -0.462 e. The molecule has 0 unspecified atom stereocenters. The molecule has 1 aromatic rings. The van der Waals surface area contributed by atoms with E-state index in [9.17, 15) is 4.79 Å². The summed E-state index contributed by atoms with van der Waals surface area (Å²) in [7, 11) is -1.65. The summed E-state index contributed by atoms with van der Waals surface area (Å²) in [5.41, 5.74) is 1.69. The van der Waals surface area contributed by atoms with E-state index in [1.54, 1.807) is 0 Å². The van der Waals surface area contributed by atoms with Gasteiger partial charge in [-0.15, -0.1) is 0 Å². The van der Waals surface area contributed by atoms with Crippen LogP contribution in [0, 0.1) is 0 Å². The summed E-state index contributed by atoms with van der Waals surface area (Å²) in [6, 6.07) is 7.71. The van der Waals surface area contributed by atoms with Crippen LogP contribution in [0.1, 0.15) is 57.8 Å². The van der Waals surface area contributed by atoms with Gasteiger partial charge in [-0.2, -0.15) is 0 Å². The molecule has 148 valence electrons. The van der Waals surface area contributed by atoms with Crippen molar-refractivity contribution in [2.45, 2.75) is 65.6 Å². The van der Waals surface area contributed by atoms with Gasteiger partial charge < -0.3 is 14.1 Å². The summed E-state index contributed by atoms with van der Waals surface area (Å²) >= 11 is 0. The highest BCUT2D eigenvalue weighted by Gasteiger charge is 2.36. The number of benzene rings is 1. The van der Waals surface area contributed by atoms with E-state index in [4.69, 9.17) is 9.16 Å². The second-order valence-corrected chi connectivity index (χ2v) is 13.0. The lowest BCUT2D eigenvalue weighted by Crippen LogP contribution is -2.41. The number of carbonyl (C=O) groups excluding carboxylic acids is 1. The van der Waals surface area contributed by atoms with Crippen LogP contribution in [-0.2, 0) is 9.16 Å². The number of hydrogen-bond acceptors (Lipinski definition) is 4. The average molecular weight is 380 g/mol. The summed E-state index contributed by atoms with van der Waals surface area (Å²) in [6.45, 7) is 18.5. The Bertz CT molecular complexity index is 567. The summed E-state index contributed by atoms with van der Waals surface area (Å²) in [5.74, 6) is -0.256. The first-order valence-electron chi connectivity index (χ1n) is 9.78. The molecule has 0 aliphatic rings. The molecule has 0 bridgehead atoms. The van der Waals surface area contributed by atoms with Crippen LogP contribution in [0.25, 0.3) is 0 Å². The minimum atomic E-state index is -1.65. The van der Waals surface area contributed by atoms with E-state index in [0.29, 0.717) is 12.2 Å². The SMILES string of the molecule is CCOC(=O)c1cccc(N(CC)CCCCO[Si](C)(C)C(C)(C)C)c1. The predicted molar refractivity (Wildman–Crippen MR) is 113 cm³/mol. The van der Waals surface area contributed by atoms with Gasteiger partial charge in [0.1, 0.15) is 0 Å². The fourth-order valence-corrected chi connectivity index (χ4v) is 3.55. The van der Waals surface area contributed by atoms with Crippen LogP contribution in [0.3, 0.4) is 0 Å². The van der Waals surface area contributed by atoms with E-state index in [1.165, 1.54) is 0 Å². The lowest BCUT2D eigenvalue weighted by atomic mass is 10.1. The van der Waals surface area contributed by atoms with E-state index >= 15 is 0 Å². The summed E-state index contributed by atoms with van der Waals surface area (Å²) in [4.78, 5) is 14.2. The highest BCUT2D eigenvalue weighted by molar-refractivity contribution is 6.74. The molecule has 4 nitrogen and oxygen atoms in total. The Morgan fingerprint density at radius 2 is 1.85 bits per heavy atom. The van der Waals surface area contributed by atoms with Crippen molar-refractivity contribution in [3.63, 3.8) is 0 Å². The molecule has 0 N–H and O–H groups in total. The fraction of sp³-hybridized carbons (Fsp3) is 0.667. The summed E-state index contributed by atoms with van der Waals surface area (Å²) < 4.78 is 11.4. The van der Waals surface area contributed by atoms with Gasteiger partial charge in [-0.05, 0) is 63.0 Å². The Balaban J connectivity index is 2.53. The molecule has 0 radical (unpaired) electrons. The molecule has 0 aliphatic carbocycles. The van der Waals surface area contributed by atoms with E-state index in [1.807, 2.05) is 25.1 Å². The smallest absolute Gasteiger partial charge is 0.338 e. The standard InChI is InChI=1S/C21H37NO3Si/c1-8-22(15-10-11-16-25-26(6,7)21(3,4)5)19-14-12-13-18(17-19)20(23)24-9-2/h12-14,17H,8-11,15-16H2,1-7H3. The molecular formula is C21H37NO3Si. The Hall–Kier alpha value is -1.33. The van der Waals surface area contributed by atoms with Crippen LogP contribution in [0.2, 0.25) is 18.1 Å². The third kappa shape index (κ3) is 6.76. The van der Waals surface area contributed by atoms with Gasteiger partial charge in [0.15, 0.2) is 8.32 Å². The molecular weight excluding hydrogens is 342 g/mol. The molecule has 0 aromatic heterocycles. The van der Waals surface area contributed by atoms with E-state index < -0.39 is 8.32 Å². The van der Waals surface area contributed by atoms with Crippen molar-refractivity contribution in [1.82, 2.24) is 0 Å². The van der Waals surface area contributed by atoms with Gasteiger partial charge in [0.25, 0.3) is 0 Å². The van der Waals surface area contributed by atoms with Gasteiger partial charge in [0.2, 0.25) is 0 Å². The van der Waals surface area contributed by atoms with Crippen LogP contribution >= 0.6 is 0 Å². The molecule has 0 amide bonds. The minimum absolute atomic E-state index is 0.256. The monoisotopic (exact) mass is 379 g/mol. The van der Waals surface area contributed by atoms with E-state index in [-0.39, 0.29) is 11.0 Å². The van der Waals surface area contributed by atoms with E-state index in [2.05, 4.69) is 51.8 Å². The first kappa shape index (κ1) is 22.7. The van der Waals surface area contributed by atoms with Gasteiger partial charge in [0, 0.05) is 25.4 Å². The van der Waals surface area contributed by atoms with Crippen LogP contribution < -0.4 is 4.90 Å². The second kappa shape index (κ2) is 10.1. The highest BCUT2D eigenvalue weighted by Crippen LogP contribution is 2.36. The topological polar surface area (TPSA) is 38.8 Å². The summed E-state index contributed by atoms with van der Waals surface area (Å²) in [5, 5.41) is 0.260. The van der Waals surface area contributed by atoms with E-state index in [0.717, 1.165) is 38.2 Å². The lowest BCUT2D eigenvalue weighted by molar-refractivity contribution is 0.0526. The van der Waals surface area contributed by atoms with Crippen LogP contribution in [0.4, 0.5) is 5.69 Å². The van der Waals surface area contributed by atoms with Crippen LogP contribution in [-0.4, -0.2) is 40.6 Å². The normalized spacial score (nSPS) is 12.1. The van der Waals surface area contributed by atoms with Crippen LogP contribution in [0.5, 0.6) is 0 Å². The first-order valence-corrected chi connectivity index (χ1v) is 12.7. The maximum atomic E-state index is 11.9. The summed E-state index contributed by atoms with van der Waals surface area (Å²) in [6.07, 6.45) is 2.13. The Morgan fingerprint density at radius 1 is 1.15 bits per heavy atom. The Kier molecular flexibility index (Phi) is 8.84. The van der Waals surface area contributed by atoms with Crippen molar-refractivity contribution in [2.75, 3.05) is 31.2 Å². The Morgan fingerprint density at radius 3 is 2.42 bits per heavy atom. The highest BCUT2D eigenvalue weighted by atomic mass is 28.4. The van der Waals surface area contributed by atoms with Gasteiger partial charge in [-0.25, -0.2) is 4.79 Å². The Labute approximate surface area is 161 Å². The molecule has 0 aliphatic heterocycles. The molecule has 0 saturated heterocycles.